The molecule has 0 unspecified atom stereocenters. The molecule has 0 atom stereocenters. The molecule has 1 N–H and O–H groups in total. The van der Waals surface area contributed by atoms with Crippen LogP contribution in [0.5, 0.6) is 5.75 Å². The summed E-state index contributed by atoms with van der Waals surface area (Å²) in [6.07, 6.45) is 0. The minimum absolute atomic E-state index is 0.0594. The second-order valence-corrected chi connectivity index (χ2v) is 6.64. The molecule has 3 rings (SSSR count). The van der Waals surface area contributed by atoms with E-state index in [9.17, 15) is 0 Å². The predicted molar refractivity (Wildman–Crippen MR) is 88.2 cm³/mol. The smallest absolute Gasteiger partial charge is 0.123 e. The summed E-state index contributed by atoms with van der Waals surface area (Å²) in [7, 11) is 1.93. The molecule has 2 aromatic rings. The number of halogens is 1. The highest BCUT2D eigenvalue weighted by molar-refractivity contribution is 6.33. The van der Waals surface area contributed by atoms with Gasteiger partial charge in [-0.05, 0) is 36.4 Å². The Morgan fingerprint density at radius 1 is 1.19 bits per heavy atom. The van der Waals surface area contributed by atoms with E-state index in [4.69, 9.17) is 16.3 Å². The van der Waals surface area contributed by atoms with Crippen LogP contribution in [0.15, 0.2) is 36.4 Å². The van der Waals surface area contributed by atoms with Crippen LogP contribution in [0, 0.1) is 0 Å². The van der Waals surface area contributed by atoms with E-state index in [0.717, 1.165) is 35.1 Å². The minimum atomic E-state index is 0.0594. The highest BCUT2D eigenvalue weighted by Gasteiger charge is 2.31. The first-order valence-corrected chi connectivity index (χ1v) is 7.60. The minimum Gasteiger partial charge on any atom is -0.492 e. The molecule has 0 aromatic heterocycles. The Morgan fingerprint density at radius 2 is 2.00 bits per heavy atom. The van der Waals surface area contributed by atoms with Crippen molar-refractivity contribution in [3.05, 3.63) is 52.5 Å². The summed E-state index contributed by atoms with van der Waals surface area (Å²) in [5, 5.41) is 3.93. The first-order chi connectivity index (χ1) is 10.0. The van der Waals surface area contributed by atoms with E-state index in [1.807, 2.05) is 13.1 Å². The molecule has 110 valence electrons. The van der Waals surface area contributed by atoms with Crippen molar-refractivity contribution in [3.63, 3.8) is 0 Å². The summed E-state index contributed by atoms with van der Waals surface area (Å²) in [4.78, 5) is 0. The standard InChI is InChI=1S/C18H20ClNO/c1-18(2)11-21-17-7-5-13(9-15(17)18)14-6-4-12(10-20-3)8-16(14)19/h4-9,20H,10-11H2,1-3H3. The van der Waals surface area contributed by atoms with E-state index >= 15 is 0 Å². The second kappa shape index (κ2) is 5.36. The fourth-order valence-electron chi connectivity index (χ4n) is 2.80. The number of fused-ring (bicyclic) bond motifs is 1. The molecule has 2 aromatic carbocycles. The van der Waals surface area contributed by atoms with Gasteiger partial charge in [-0.25, -0.2) is 0 Å². The van der Waals surface area contributed by atoms with E-state index in [0.29, 0.717) is 0 Å². The van der Waals surface area contributed by atoms with Crippen molar-refractivity contribution in [1.29, 1.82) is 0 Å². The fourth-order valence-corrected chi connectivity index (χ4v) is 3.11. The monoisotopic (exact) mass is 301 g/mol. The topological polar surface area (TPSA) is 21.3 Å². The SMILES string of the molecule is CNCc1ccc(-c2ccc3c(c2)C(C)(C)CO3)c(Cl)c1. The van der Waals surface area contributed by atoms with Crippen molar-refractivity contribution in [2.45, 2.75) is 25.8 Å². The molecule has 1 aliphatic rings. The molecule has 0 amide bonds. The highest BCUT2D eigenvalue weighted by Crippen LogP contribution is 2.41. The van der Waals surface area contributed by atoms with Crippen LogP contribution >= 0.6 is 11.6 Å². The molecule has 2 nitrogen and oxygen atoms in total. The maximum atomic E-state index is 6.46. The van der Waals surface area contributed by atoms with Crippen LogP contribution in [-0.4, -0.2) is 13.7 Å². The van der Waals surface area contributed by atoms with Crippen LogP contribution in [0.2, 0.25) is 5.02 Å². The summed E-state index contributed by atoms with van der Waals surface area (Å²) in [5.41, 5.74) is 4.73. The van der Waals surface area contributed by atoms with Gasteiger partial charge in [-0.1, -0.05) is 43.6 Å². The number of hydrogen-bond donors (Lipinski definition) is 1. The summed E-state index contributed by atoms with van der Waals surface area (Å²) in [6.45, 7) is 5.98. The lowest BCUT2D eigenvalue weighted by Crippen LogP contribution is -2.18. The van der Waals surface area contributed by atoms with Gasteiger partial charge in [0.2, 0.25) is 0 Å². The van der Waals surface area contributed by atoms with Gasteiger partial charge in [-0.2, -0.15) is 0 Å². The van der Waals surface area contributed by atoms with Crippen molar-refractivity contribution in [1.82, 2.24) is 5.32 Å². The average molecular weight is 302 g/mol. The van der Waals surface area contributed by atoms with E-state index in [1.165, 1.54) is 11.1 Å². The van der Waals surface area contributed by atoms with Crippen molar-refractivity contribution in [2.75, 3.05) is 13.7 Å². The highest BCUT2D eigenvalue weighted by atomic mass is 35.5. The van der Waals surface area contributed by atoms with E-state index in [1.54, 1.807) is 0 Å². The lowest BCUT2D eigenvalue weighted by Gasteiger charge is -2.16. The Hall–Kier alpha value is -1.51. The molecule has 1 aliphatic heterocycles. The Morgan fingerprint density at radius 3 is 2.71 bits per heavy atom. The van der Waals surface area contributed by atoms with Gasteiger partial charge < -0.3 is 10.1 Å². The van der Waals surface area contributed by atoms with Gasteiger partial charge in [-0.3, -0.25) is 0 Å². The summed E-state index contributed by atoms with van der Waals surface area (Å²) in [5.74, 6) is 0.992. The molecular formula is C18H20ClNO. The summed E-state index contributed by atoms with van der Waals surface area (Å²) < 4.78 is 5.74. The third kappa shape index (κ3) is 2.66. The van der Waals surface area contributed by atoms with Crippen LogP contribution in [0.25, 0.3) is 11.1 Å². The predicted octanol–water partition coefficient (Wildman–Crippen LogP) is 4.40. The van der Waals surface area contributed by atoms with E-state index in [2.05, 4.69) is 49.5 Å². The van der Waals surface area contributed by atoms with Crippen LogP contribution in [0.3, 0.4) is 0 Å². The van der Waals surface area contributed by atoms with Gasteiger partial charge >= 0.3 is 0 Å². The molecular weight excluding hydrogens is 282 g/mol. The van der Waals surface area contributed by atoms with Gasteiger partial charge in [0.25, 0.3) is 0 Å². The molecule has 3 heteroatoms. The molecule has 0 aliphatic carbocycles. The quantitative estimate of drug-likeness (QED) is 0.907. The second-order valence-electron chi connectivity index (χ2n) is 6.23. The summed E-state index contributed by atoms with van der Waals surface area (Å²) in [6, 6.07) is 12.6. The maximum Gasteiger partial charge on any atom is 0.123 e. The number of benzene rings is 2. The van der Waals surface area contributed by atoms with Gasteiger partial charge in [0, 0.05) is 28.1 Å². The van der Waals surface area contributed by atoms with E-state index in [-0.39, 0.29) is 5.41 Å². The van der Waals surface area contributed by atoms with Crippen LogP contribution in [0.4, 0.5) is 0 Å². The Kier molecular flexibility index (Phi) is 3.68. The lowest BCUT2D eigenvalue weighted by atomic mass is 9.85. The maximum absolute atomic E-state index is 6.46. The number of hydrogen-bond acceptors (Lipinski definition) is 2. The Labute approximate surface area is 131 Å². The third-order valence-electron chi connectivity index (χ3n) is 4.02. The van der Waals surface area contributed by atoms with Crippen LogP contribution < -0.4 is 10.1 Å². The number of ether oxygens (including phenoxy) is 1. The molecule has 0 fully saturated rings. The molecule has 0 saturated carbocycles. The van der Waals surface area contributed by atoms with Gasteiger partial charge in [-0.15, -0.1) is 0 Å². The van der Waals surface area contributed by atoms with Crippen molar-refractivity contribution in [2.24, 2.45) is 0 Å². The van der Waals surface area contributed by atoms with Gasteiger partial charge in [0.1, 0.15) is 5.75 Å². The molecule has 1 heterocycles. The fraction of sp³-hybridized carbons (Fsp3) is 0.333. The molecule has 21 heavy (non-hydrogen) atoms. The first kappa shape index (κ1) is 14.4. The molecule has 0 radical (unpaired) electrons. The number of nitrogens with one attached hydrogen (secondary N) is 1. The van der Waals surface area contributed by atoms with Crippen molar-refractivity contribution >= 4 is 11.6 Å². The lowest BCUT2D eigenvalue weighted by molar-refractivity contribution is 0.291. The van der Waals surface area contributed by atoms with Crippen molar-refractivity contribution in [3.8, 4) is 16.9 Å². The van der Waals surface area contributed by atoms with Gasteiger partial charge in [0.05, 0.1) is 6.61 Å². The van der Waals surface area contributed by atoms with E-state index < -0.39 is 0 Å². The molecule has 0 saturated heterocycles. The van der Waals surface area contributed by atoms with Gasteiger partial charge in [0.15, 0.2) is 0 Å². The average Bonchev–Trinajstić information content (AvgIpc) is 2.75. The summed E-state index contributed by atoms with van der Waals surface area (Å²) >= 11 is 6.46. The zero-order chi connectivity index (χ0) is 15.0. The van der Waals surface area contributed by atoms with Crippen LogP contribution in [0.1, 0.15) is 25.0 Å². The zero-order valence-corrected chi connectivity index (χ0v) is 13.4. The zero-order valence-electron chi connectivity index (χ0n) is 12.7. The van der Waals surface area contributed by atoms with Crippen molar-refractivity contribution < 1.29 is 4.74 Å². The largest absolute Gasteiger partial charge is 0.492 e. The van der Waals surface area contributed by atoms with Crippen LogP contribution in [-0.2, 0) is 12.0 Å². The Balaban J connectivity index is 2.02. The Bertz CT molecular complexity index is 679. The third-order valence-corrected chi connectivity index (χ3v) is 4.34. The molecule has 0 spiro atoms. The number of rotatable bonds is 3. The normalized spacial score (nSPS) is 15.6. The first-order valence-electron chi connectivity index (χ1n) is 7.22. The molecule has 0 bridgehead atoms.